The lowest BCUT2D eigenvalue weighted by molar-refractivity contribution is 0.646. The molecule has 2 fully saturated rings. The summed E-state index contributed by atoms with van der Waals surface area (Å²) < 4.78 is 2.30. The van der Waals surface area contributed by atoms with E-state index in [0.29, 0.717) is 11.8 Å². The van der Waals surface area contributed by atoms with E-state index in [9.17, 15) is 0 Å². The predicted octanol–water partition coefficient (Wildman–Crippen LogP) is 3.41. The molecule has 3 heteroatoms. The van der Waals surface area contributed by atoms with Crippen LogP contribution in [0.1, 0.15) is 75.2 Å². The molecule has 3 nitrogen and oxygen atoms in total. The molecular weight excluding hydrogens is 210 g/mol. The number of nitrogens with two attached hydrogens (primary N) is 1. The third kappa shape index (κ3) is 1.96. The van der Waals surface area contributed by atoms with Crippen LogP contribution in [0.3, 0.4) is 0 Å². The van der Waals surface area contributed by atoms with Crippen molar-refractivity contribution < 1.29 is 0 Å². The maximum absolute atomic E-state index is 6.34. The molecule has 0 aromatic carbocycles. The molecule has 3 rings (SSSR count). The molecule has 2 aliphatic carbocycles. The third-order valence-corrected chi connectivity index (χ3v) is 4.20. The van der Waals surface area contributed by atoms with Gasteiger partial charge >= 0.3 is 0 Å². The van der Waals surface area contributed by atoms with Crippen molar-refractivity contribution in [2.24, 2.45) is 0 Å². The Hall–Kier alpha value is -0.990. The van der Waals surface area contributed by atoms with Crippen LogP contribution in [0.5, 0.6) is 0 Å². The van der Waals surface area contributed by atoms with E-state index >= 15 is 0 Å². The van der Waals surface area contributed by atoms with Crippen molar-refractivity contribution in [2.75, 3.05) is 5.73 Å². The molecule has 0 radical (unpaired) electrons. The Morgan fingerprint density at radius 1 is 1.18 bits per heavy atom. The highest BCUT2D eigenvalue weighted by Crippen LogP contribution is 2.43. The highest BCUT2D eigenvalue weighted by atomic mass is 15.2. The number of hydrogen-bond acceptors (Lipinski definition) is 2. The number of rotatable bonds is 4. The third-order valence-electron chi connectivity index (χ3n) is 4.20. The van der Waals surface area contributed by atoms with Crippen molar-refractivity contribution in [1.82, 2.24) is 9.55 Å². The van der Waals surface area contributed by atoms with Crippen LogP contribution in [0.15, 0.2) is 0 Å². The topological polar surface area (TPSA) is 43.8 Å². The molecule has 2 aliphatic rings. The SMILES string of the molecule is CCCn1c(C2CC2)nc(C2CCCC2)c1N. The summed E-state index contributed by atoms with van der Waals surface area (Å²) in [4.78, 5) is 4.91. The van der Waals surface area contributed by atoms with Gasteiger partial charge in [-0.1, -0.05) is 19.8 Å². The molecule has 0 saturated heterocycles. The number of nitrogens with zero attached hydrogens (tertiary/aromatic N) is 2. The zero-order valence-electron chi connectivity index (χ0n) is 10.8. The zero-order chi connectivity index (χ0) is 11.8. The minimum atomic E-state index is 0.644. The zero-order valence-corrected chi connectivity index (χ0v) is 10.8. The quantitative estimate of drug-likeness (QED) is 0.866. The number of nitrogen functional groups attached to an aromatic ring is 1. The fourth-order valence-electron chi connectivity index (χ4n) is 3.11. The van der Waals surface area contributed by atoms with Gasteiger partial charge in [0.05, 0.1) is 5.69 Å². The lowest BCUT2D eigenvalue weighted by atomic mass is 10.0. The number of imidazole rings is 1. The smallest absolute Gasteiger partial charge is 0.127 e. The standard InChI is InChI=1S/C14H23N3/c1-2-9-17-13(15)12(10-5-3-4-6-10)16-14(17)11-7-8-11/h10-11H,2-9,15H2,1H3. The van der Waals surface area contributed by atoms with Gasteiger partial charge in [-0.2, -0.15) is 0 Å². The van der Waals surface area contributed by atoms with E-state index in [1.54, 1.807) is 0 Å². The number of aromatic nitrogens is 2. The predicted molar refractivity (Wildman–Crippen MR) is 70.1 cm³/mol. The Morgan fingerprint density at radius 3 is 2.47 bits per heavy atom. The summed E-state index contributed by atoms with van der Waals surface area (Å²) in [5.74, 6) is 3.61. The first kappa shape index (κ1) is 11.1. The largest absolute Gasteiger partial charge is 0.384 e. The number of anilines is 1. The summed E-state index contributed by atoms with van der Waals surface area (Å²) in [6, 6.07) is 0. The fourth-order valence-corrected chi connectivity index (χ4v) is 3.11. The van der Waals surface area contributed by atoms with E-state index < -0.39 is 0 Å². The average Bonchev–Trinajstić information content (AvgIpc) is 2.92. The van der Waals surface area contributed by atoms with Crippen molar-refractivity contribution in [2.45, 2.75) is 70.3 Å². The first-order valence-corrected chi connectivity index (χ1v) is 7.17. The second kappa shape index (κ2) is 4.35. The monoisotopic (exact) mass is 233 g/mol. The van der Waals surface area contributed by atoms with Crippen LogP contribution < -0.4 is 5.73 Å². The molecule has 0 unspecified atom stereocenters. The maximum Gasteiger partial charge on any atom is 0.127 e. The molecule has 2 N–H and O–H groups in total. The van der Waals surface area contributed by atoms with Crippen LogP contribution in [-0.4, -0.2) is 9.55 Å². The Kier molecular flexibility index (Phi) is 2.85. The molecule has 2 saturated carbocycles. The van der Waals surface area contributed by atoms with Crippen LogP contribution in [-0.2, 0) is 6.54 Å². The first-order chi connectivity index (χ1) is 8.31. The molecule has 0 atom stereocenters. The Labute approximate surface area is 103 Å². The molecule has 1 aromatic rings. The van der Waals surface area contributed by atoms with Crippen LogP contribution in [0.25, 0.3) is 0 Å². The highest BCUT2D eigenvalue weighted by molar-refractivity contribution is 5.42. The van der Waals surface area contributed by atoms with E-state index in [0.717, 1.165) is 18.8 Å². The lowest BCUT2D eigenvalue weighted by Crippen LogP contribution is -2.07. The Balaban J connectivity index is 1.94. The minimum Gasteiger partial charge on any atom is -0.384 e. The molecule has 17 heavy (non-hydrogen) atoms. The van der Waals surface area contributed by atoms with E-state index in [4.69, 9.17) is 10.7 Å². The van der Waals surface area contributed by atoms with Gasteiger partial charge in [-0.25, -0.2) is 4.98 Å². The molecular formula is C14H23N3. The van der Waals surface area contributed by atoms with E-state index in [1.165, 1.54) is 50.0 Å². The summed E-state index contributed by atoms with van der Waals surface area (Å²) in [6.45, 7) is 3.25. The lowest BCUT2D eigenvalue weighted by Gasteiger charge is -2.09. The minimum absolute atomic E-state index is 0.644. The Bertz CT molecular complexity index is 398. The van der Waals surface area contributed by atoms with Gasteiger partial charge in [0.25, 0.3) is 0 Å². The highest BCUT2D eigenvalue weighted by Gasteiger charge is 2.32. The van der Waals surface area contributed by atoms with E-state index in [1.807, 2.05) is 0 Å². The maximum atomic E-state index is 6.34. The first-order valence-electron chi connectivity index (χ1n) is 7.17. The van der Waals surface area contributed by atoms with Crippen LogP contribution in [0.4, 0.5) is 5.82 Å². The summed E-state index contributed by atoms with van der Waals surface area (Å²) in [5, 5.41) is 0. The van der Waals surface area contributed by atoms with Gasteiger partial charge in [0.15, 0.2) is 0 Å². The van der Waals surface area contributed by atoms with Crippen LogP contribution in [0.2, 0.25) is 0 Å². The van der Waals surface area contributed by atoms with Gasteiger partial charge in [0.1, 0.15) is 11.6 Å². The van der Waals surface area contributed by atoms with E-state index in [-0.39, 0.29) is 0 Å². The second-order valence-electron chi connectivity index (χ2n) is 5.65. The molecule has 1 aromatic heterocycles. The Morgan fingerprint density at radius 2 is 1.88 bits per heavy atom. The summed E-state index contributed by atoms with van der Waals surface area (Å²) in [6.07, 6.45) is 9.04. The van der Waals surface area contributed by atoms with Gasteiger partial charge in [-0.15, -0.1) is 0 Å². The van der Waals surface area contributed by atoms with Gasteiger partial charge in [0.2, 0.25) is 0 Å². The van der Waals surface area contributed by atoms with Gasteiger partial charge in [-0.05, 0) is 32.1 Å². The fraction of sp³-hybridized carbons (Fsp3) is 0.786. The summed E-state index contributed by atoms with van der Waals surface area (Å²) >= 11 is 0. The summed E-state index contributed by atoms with van der Waals surface area (Å²) in [5.41, 5.74) is 7.56. The summed E-state index contributed by atoms with van der Waals surface area (Å²) in [7, 11) is 0. The molecule has 0 bridgehead atoms. The van der Waals surface area contributed by atoms with Crippen molar-refractivity contribution in [3.63, 3.8) is 0 Å². The van der Waals surface area contributed by atoms with Crippen molar-refractivity contribution in [3.05, 3.63) is 11.5 Å². The van der Waals surface area contributed by atoms with Gasteiger partial charge < -0.3 is 10.3 Å². The number of hydrogen-bond donors (Lipinski definition) is 1. The van der Waals surface area contributed by atoms with E-state index in [2.05, 4.69) is 11.5 Å². The van der Waals surface area contributed by atoms with Gasteiger partial charge in [-0.3, -0.25) is 0 Å². The normalized spacial score (nSPS) is 21.2. The average molecular weight is 233 g/mol. The molecule has 0 aliphatic heterocycles. The second-order valence-corrected chi connectivity index (χ2v) is 5.65. The molecule has 0 amide bonds. The van der Waals surface area contributed by atoms with Crippen molar-refractivity contribution in [3.8, 4) is 0 Å². The van der Waals surface area contributed by atoms with Crippen LogP contribution >= 0.6 is 0 Å². The van der Waals surface area contributed by atoms with Crippen molar-refractivity contribution >= 4 is 5.82 Å². The molecule has 94 valence electrons. The molecule has 1 heterocycles. The van der Waals surface area contributed by atoms with Gasteiger partial charge in [0, 0.05) is 18.4 Å². The van der Waals surface area contributed by atoms with Crippen molar-refractivity contribution in [1.29, 1.82) is 0 Å². The van der Waals surface area contributed by atoms with Crippen LogP contribution in [0, 0.1) is 0 Å². The molecule has 0 spiro atoms.